The van der Waals surface area contributed by atoms with Crippen molar-refractivity contribution < 1.29 is 4.74 Å². The average molecular weight is 220 g/mol. The molecule has 4 heteroatoms. The van der Waals surface area contributed by atoms with Gasteiger partial charge in [0, 0.05) is 6.20 Å². The van der Waals surface area contributed by atoms with Gasteiger partial charge in [0.05, 0.1) is 11.6 Å². The van der Waals surface area contributed by atoms with Crippen LogP contribution < -0.4 is 4.74 Å². The Morgan fingerprint density at radius 1 is 1.46 bits per heavy atom. The van der Waals surface area contributed by atoms with Crippen molar-refractivity contribution in [2.45, 2.75) is 13.8 Å². The molecule has 1 rings (SSSR count). The minimum absolute atomic E-state index is 0.379. The number of rotatable bonds is 3. The normalized spacial score (nSPS) is 10.5. The maximum atomic E-state index is 5.86. The molecule has 13 heavy (non-hydrogen) atoms. The van der Waals surface area contributed by atoms with Gasteiger partial charge in [0.25, 0.3) is 0 Å². The van der Waals surface area contributed by atoms with Gasteiger partial charge in [0.2, 0.25) is 5.88 Å². The van der Waals surface area contributed by atoms with Crippen LogP contribution in [0.2, 0.25) is 10.0 Å². The SMILES string of the molecule is CC(C)COc1nccc(Cl)c1Cl. The molecule has 0 spiro atoms. The summed E-state index contributed by atoms with van der Waals surface area (Å²) in [6.45, 7) is 4.70. The van der Waals surface area contributed by atoms with E-state index < -0.39 is 0 Å². The van der Waals surface area contributed by atoms with E-state index in [1.807, 2.05) is 0 Å². The van der Waals surface area contributed by atoms with E-state index in [4.69, 9.17) is 27.9 Å². The number of halogens is 2. The smallest absolute Gasteiger partial charge is 0.234 e. The van der Waals surface area contributed by atoms with Crippen LogP contribution in [0.1, 0.15) is 13.8 Å². The van der Waals surface area contributed by atoms with E-state index in [-0.39, 0.29) is 0 Å². The molecule has 0 aliphatic carbocycles. The van der Waals surface area contributed by atoms with E-state index in [0.717, 1.165) is 0 Å². The van der Waals surface area contributed by atoms with Crippen LogP contribution in [0.4, 0.5) is 0 Å². The van der Waals surface area contributed by atoms with Crippen molar-refractivity contribution in [3.63, 3.8) is 0 Å². The molecule has 1 heterocycles. The van der Waals surface area contributed by atoms with Crippen LogP contribution in [0, 0.1) is 5.92 Å². The van der Waals surface area contributed by atoms with Gasteiger partial charge in [-0.1, -0.05) is 37.0 Å². The molecule has 1 aromatic rings. The lowest BCUT2D eigenvalue weighted by Crippen LogP contribution is -2.05. The Hall–Kier alpha value is -0.470. The first-order chi connectivity index (χ1) is 6.11. The number of hydrogen-bond donors (Lipinski definition) is 0. The Kier molecular flexibility index (Phi) is 3.82. The number of ether oxygens (including phenoxy) is 1. The predicted molar refractivity (Wildman–Crippen MR) is 54.6 cm³/mol. The zero-order chi connectivity index (χ0) is 9.84. The van der Waals surface area contributed by atoms with Gasteiger partial charge in [-0.3, -0.25) is 0 Å². The zero-order valence-corrected chi connectivity index (χ0v) is 9.06. The monoisotopic (exact) mass is 219 g/mol. The van der Waals surface area contributed by atoms with Crippen molar-refractivity contribution >= 4 is 23.2 Å². The van der Waals surface area contributed by atoms with E-state index in [1.165, 1.54) is 0 Å². The third kappa shape index (κ3) is 3.05. The van der Waals surface area contributed by atoms with Crippen molar-refractivity contribution in [2.75, 3.05) is 6.61 Å². The molecule has 1 aromatic heterocycles. The first kappa shape index (κ1) is 10.6. The van der Waals surface area contributed by atoms with Crippen molar-refractivity contribution in [3.05, 3.63) is 22.3 Å². The molecule has 0 amide bonds. The second-order valence-electron chi connectivity index (χ2n) is 3.12. The summed E-state index contributed by atoms with van der Waals surface area (Å²) in [5, 5.41) is 0.847. The number of nitrogens with zero attached hydrogens (tertiary/aromatic N) is 1. The molecule has 0 atom stereocenters. The minimum Gasteiger partial charge on any atom is -0.476 e. The van der Waals surface area contributed by atoms with Gasteiger partial charge in [-0.2, -0.15) is 0 Å². The summed E-state index contributed by atoms with van der Waals surface area (Å²) in [4.78, 5) is 3.97. The fraction of sp³-hybridized carbons (Fsp3) is 0.444. The lowest BCUT2D eigenvalue weighted by molar-refractivity contribution is 0.261. The molecule has 2 nitrogen and oxygen atoms in total. The standard InChI is InChI=1S/C9H11Cl2NO/c1-6(2)5-13-9-8(11)7(10)3-4-12-9/h3-4,6H,5H2,1-2H3. The van der Waals surface area contributed by atoms with E-state index in [9.17, 15) is 0 Å². The number of hydrogen-bond acceptors (Lipinski definition) is 2. The van der Waals surface area contributed by atoms with Crippen LogP contribution in [0.3, 0.4) is 0 Å². The molecule has 0 aromatic carbocycles. The molecule has 0 radical (unpaired) electrons. The second-order valence-corrected chi connectivity index (χ2v) is 3.90. The summed E-state index contributed by atoms with van der Waals surface area (Å²) in [6.07, 6.45) is 1.57. The summed E-state index contributed by atoms with van der Waals surface area (Å²) in [5.41, 5.74) is 0. The summed E-state index contributed by atoms with van der Waals surface area (Å²) in [7, 11) is 0. The third-order valence-corrected chi connectivity index (χ3v) is 2.14. The third-order valence-electron chi connectivity index (χ3n) is 1.36. The molecule has 0 saturated carbocycles. The Balaban J connectivity index is 2.71. The Labute approximate surface area is 87.8 Å². The molecule has 0 N–H and O–H groups in total. The van der Waals surface area contributed by atoms with Crippen LogP contribution in [0.15, 0.2) is 12.3 Å². The molecular weight excluding hydrogens is 209 g/mol. The molecule has 0 aliphatic rings. The van der Waals surface area contributed by atoms with Crippen molar-refractivity contribution in [1.82, 2.24) is 4.98 Å². The van der Waals surface area contributed by atoms with Crippen molar-refractivity contribution in [2.24, 2.45) is 5.92 Å². The fourth-order valence-electron chi connectivity index (χ4n) is 0.749. The molecule has 0 aliphatic heterocycles. The summed E-state index contributed by atoms with van der Waals surface area (Å²) in [6, 6.07) is 1.63. The van der Waals surface area contributed by atoms with Crippen LogP contribution in [0.5, 0.6) is 5.88 Å². The summed E-state index contributed by atoms with van der Waals surface area (Å²) >= 11 is 11.6. The first-order valence-electron chi connectivity index (χ1n) is 4.04. The van der Waals surface area contributed by atoms with Crippen LogP contribution >= 0.6 is 23.2 Å². The number of aromatic nitrogens is 1. The maximum Gasteiger partial charge on any atom is 0.234 e. The average Bonchev–Trinajstić information content (AvgIpc) is 2.07. The van der Waals surface area contributed by atoms with Gasteiger partial charge in [0.1, 0.15) is 5.02 Å². The van der Waals surface area contributed by atoms with Gasteiger partial charge in [-0.05, 0) is 12.0 Å². The highest BCUT2D eigenvalue weighted by atomic mass is 35.5. The minimum atomic E-state index is 0.379. The van der Waals surface area contributed by atoms with Crippen molar-refractivity contribution in [1.29, 1.82) is 0 Å². The van der Waals surface area contributed by atoms with E-state index in [0.29, 0.717) is 28.5 Å². The van der Waals surface area contributed by atoms with Gasteiger partial charge in [-0.15, -0.1) is 0 Å². The number of pyridine rings is 1. The highest BCUT2D eigenvalue weighted by Crippen LogP contribution is 2.29. The summed E-state index contributed by atoms with van der Waals surface area (Å²) < 4.78 is 5.35. The van der Waals surface area contributed by atoms with E-state index in [1.54, 1.807) is 12.3 Å². The topological polar surface area (TPSA) is 22.1 Å². The van der Waals surface area contributed by atoms with Gasteiger partial charge in [-0.25, -0.2) is 4.98 Å². The van der Waals surface area contributed by atoms with E-state index >= 15 is 0 Å². The van der Waals surface area contributed by atoms with Gasteiger partial charge < -0.3 is 4.74 Å². The van der Waals surface area contributed by atoms with Gasteiger partial charge in [0.15, 0.2) is 0 Å². The fourth-order valence-corrected chi connectivity index (χ4v) is 1.05. The Morgan fingerprint density at radius 2 is 2.15 bits per heavy atom. The second kappa shape index (κ2) is 4.68. The molecule has 0 fully saturated rings. The Bertz CT molecular complexity index is 289. The quantitative estimate of drug-likeness (QED) is 0.778. The lowest BCUT2D eigenvalue weighted by Gasteiger charge is -2.08. The molecular formula is C9H11Cl2NO. The summed E-state index contributed by atoms with van der Waals surface area (Å²) in [5.74, 6) is 0.847. The molecule has 72 valence electrons. The molecule has 0 unspecified atom stereocenters. The highest BCUT2D eigenvalue weighted by Gasteiger charge is 2.07. The lowest BCUT2D eigenvalue weighted by atomic mass is 10.2. The Morgan fingerprint density at radius 3 is 2.77 bits per heavy atom. The first-order valence-corrected chi connectivity index (χ1v) is 4.79. The predicted octanol–water partition coefficient (Wildman–Crippen LogP) is 3.42. The zero-order valence-electron chi connectivity index (χ0n) is 7.55. The maximum absolute atomic E-state index is 5.86. The molecule has 0 saturated heterocycles. The van der Waals surface area contributed by atoms with Crippen LogP contribution in [0.25, 0.3) is 0 Å². The highest BCUT2D eigenvalue weighted by molar-refractivity contribution is 6.42. The van der Waals surface area contributed by atoms with Crippen LogP contribution in [-0.4, -0.2) is 11.6 Å². The van der Waals surface area contributed by atoms with E-state index in [2.05, 4.69) is 18.8 Å². The van der Waals surface area contributed by atoms with Gasteiger partial charge >= 0.3 is 0 Å². The van der Waals surface area contributed by atoms with Crippen molar-refractivity contribution in [3.8, 4) is 5.88 Å². The largest absolute Gasteiger partial charge is 0.476 e. The van der Waals surface area contributed by atoms with Crippen LogP contribution in [-0.2, 0) is 0 Å². The molecule has 0 bridgehead atoms.